The van der Waals surface area contributed by atoms with Crippen LogP contribution in [0.1, 0.15) is 31.8 Å². The van der Waals surface area contributed by atoms with Crippen molar-refractivity contribution in [2.24, 2.45) is 0 Å². The van der Waals surface area contributed by atoms with Gasteiger partial charge in [-0.2, -0.15) is 0 Å². The summed E-state index contributed by atoms with van der Waals surface area (Å²) in [6.45, 7) is 3.95. The fourth-order valence-electron chi connectivity index (χ4n) is 3.92. The predicted octanol–water partition coefficient (Wildman–Crippen LogP) is 2.10. The first-order valence-electron chi connectivity index (χ1n) is 9.82. The average Bonchev–Trinajstić information content (AvgIpc) is 2.97. The second-order valence-corrected chi connectivity index (χ2v) is 7.37. The maximum absolute atomic E-state index is 12.9. The molecule has 4 rings (SSSR count). The second-order valence-electron chi connectivity index (χ2n) is 7.37. The Kier molecular flexibility index (Phi) is 6.77. The number of aromatic hydroxyl groups is 1. The summed E-state index contributed by atoms with van der Waals surface area (Å²) in [4.78, 5) is 29.1. The van der Waals surface area contributed by atoms with Gasteiger partial charge < -0.3 is 20.2 Å². The number of hydrogen-bond acceptors (Lipinski definition) is 4. The van der Waals surface area contributed by atoms with Crippen LogP contribution in [0.5, 0.6) is 5.75 Å². The second kappa shape index (κ2) is 9.29. The van der Waals surface area contributed by atoms with E-state index >= 15 is 0 Å². The number of fused-ring (bicyclic) bond motifs is 1. The molecular weight excluding hydrogens is 390 g/mol. The van der Waals surface area contributed by atoms with E-state index in [1.54, 1.807) is 23.1 Å². The highest BCUT2D eigenvalue weighted by Gasteiger charge is 2.26. The number of amides is 2. The predicted molar refractivity (Wildman–Crippen MR) is 114 cm³/mol. The first-order chi connectivity index (χ1) is 13.6. The van der Waals surface area contributed by atoms with E-state index in [0.29, 0.717) is 31.7 Å². The minimum atomic E-state index is -0.111. The lowest BCUT2D eigenvalue weighted by molar-refractivity contribution is 0.0535. The van der Waals surface area contributed by atoms with Crippen LogP contribution in [0.3, 0.4) is 0 Å². The Balaban J connectivity index is 0.00000240. The molecule has 6 nitrogen and oxygen atoms in total. The summed E-state index contributed by atoms with van der Waals surface area (Å²) in [5.74, 6) is 0.00284. The fraction of sp³-hybridized carbons (Fsp3) is 0.364. The van der Waals surface area contributed by atoms with E-state index in [2.05, 4.69) is 11.4 Å². The van der Waals surface area contributed by atoms with Gasteiger partial charge in [0, 0.05) is 37.3 Å². The molecule has 0 bridgehead atoms. The molecule has 1 saturated heterocycles. The summed E-state index contributed by atoms with van der Waals surface area (Å²) < 4.78 is 0. The molecule has 0 saturated carbocycles. The molecule has 0 radical (unpaired) electrons. The monoisotopic (exact) mass is 415 g/mol. The molecule has 0 aromatic heterocycles. The number of benzene rings is 2. The number of piperazine rings is 1. The number of carbonyl (C=O) groups excluding carboxylic acids is 2. The number of phenols is 1. The van der Waals surface area contributed by atoms with Gasteiger partial charge in [-0.3, -0.25) is 9.59 Å². The third-order valence-corrected chi connectivity index (χ3v) is 5.54. The molecule has 2 aliphatic rings. The molecule has 0 atom stereocenters. The Bertz CT molecular complexity index is 895. The van der Waals surface area contributed by atoms with E-state index in [0.717, 1.165) is 31.5 Å². The summed E-state index contributed by atoms with van der Waals surface area (Å²) >= 11 is 0. The first kappa shape index (κ1) is 21.1. The molecule has 154 valence electrons. The number of phenolic OH excluding ortho intramolecular Hbond substituents is 1. The summed E-state index contributed by atoms with van der Waals surface area (Å²) in [5.41, 5.74) is 3.78. The smallest absolute Gasteiger partial charge is 0.254 e. The van der Waals surface area contributed by atoms with Crippen LogP contribution in [0.4, 0.5) is 0 Å². The molecule has 2 amide bonds. The van der Waals surface area contributed by atoms with Crippen molar-refractivity contribution in [1.29, 1.82) is 0 Å². The standard InChI is InChI=1S/C22H25N3O3.ClH/c26-20-3-1-2-18(15-20)21(27)24-10-12-25(13-11-24)22(28)19-5-4-16-6-8-23-9-7-17(16)14-19;/h1-5,14-15,23,26H,6-13H2;1H. The zero-order chi connectivity index (χ0) is 19.5. The van der Waals surface area contributed by atoms with E-state index in [-0.39, 0.29) is 30.0 Å². The number of halogens is 1. The van der Waals surface area contributed by atoms with E-state index in [4.69, 9.17) is 0 Å². The zero-order valence-electron chi connectivity index (χ0n) is 16.3. The van der Waals surface area contributed by atoms with Gasteiger partial charge in [0.25, 0.3) is 11.8 Å². The number of carbonyl (C=O) groups is 2. The fourth-order valence-corrected chi connectivity index (χ4v) is 3.92. The molecule has 0 spiro atoms. The molecule has 7 heteroatoms. The van der Waals surface area contributed by atoms with Crippen LogP contribution in [0, 0.1) is 0 Å². The number of nitrogens with one attached hydrogen (secondary N) is 1. The Labute approximate surface area is 176 Å². The van der Waals surface area contributed by atoms with Crippen LogP contribution in [-0.2, 0) is 12.8 Å². The van der Waals surface area contributed by atoms with Gasteiger partial charge in [-0.1, -0.05) is 12.1 Å². The molecule has 2 aromatic rings. The van der Waals surface area contributed by atoms with Crippen molar-refractivity contribution in [3.63, 3.8) is 0 Å². The van der Waals surface area contributed by atoms with Crippen molar-refractivity contribution in [3.8, 4) is 5.75 Å². The first-order valence-corrected chi connectivity index (χ1v) is 9.82. The normalized spacial score (nSPS) is 16.4. The van der Waals surface area contributed by atoms with E-state index < -0.39 is 0 Å². The van der Waals surface area contributed by atoms with Gasteiger partial charge in [0.05, 0.1) is 0 Å². The minimum Gasteiger partial charge on any atom is -0.508 e. The van der Waals surface area contributed by atoms with E-state index in [1.165, 1.54) is 17.2 Å². The van der Waals surface area contributed by atoms with Gasteiger partial charge in [-0.15, -0.1) is 12.4 Å². The van der Waals surface area contributed by atoms with E-state index in [1.807, 2.05) is 17.0 Å². The van der Waals surface area contributed by atoms with Gasteiger partial charge in [0.15, 0.2) is 0 Å². The third kappa shape index (κ3) is 4.71. The molecular formula is C22H26ClN3O3. The molecule has 29 heavy (non-hydrogen) atoms. The maximum atomic E-state index is 12.9. The molecule has 0 aliphatic carbocycles. The van der Waals surface area contributed by atoms with E-state index in [9.17, 15) is 14.7 Å². The van der Waals surface area contributed by atoms with Gasteiger partial charge in [-0.05, 0) is 67.4 Å². The average molecular weight is 416 g/mol. The van der Waals surface area contributed by atoms with Crippen molar-refractivity contribution < 1.29 is 14.7 Å². The van der Waals surface area contributed by atoms with Crippen LogP contribution in [0.2, 0.25) is 0 Å². The number of rotatable bonds is 2. The molecule has 2 heterocycles. The third-order valence-electron chi connectivity index (χ3n) is 5.54. The van der Waals surface area contributed by atoms with Crippen molar-refractivity contribution in [2.45, 2.75) is 12.8 Å². The largest absolute Gasteiger partial charge is 0.508 e. The topological polar surface area (TPSA) is 72.9 Å². The molecule has 1 fully saturated rings. The van der Waals surface area contributed by atoms with Crippen LogP contribution in [0.25, 0.3) is 0 Å². The lowest BCUT2D eigenvalue weighted by atomic mass is 9.99. The van der Waals surface area contributed by atoms with Gasteiger partial charge in [-0.25, -0.2) is 0 Å². The SMILES string of the molecule is Cl.O=C(c1cccc(O)c1)N1CCN(C(=O)c2ccc3c(c2)CCNCC3)CC1. The molecule has 0 unspecified atom stereocenters. The summed E-state index contributed by atoms with van der Waals surface area (Å²) in [7, 11) is 0. The van der Waals surface area contributed by atoms with Gasteiger partial charge in [0.1, 0.15) is 5.75 Å². The minimum absolute atomic E-state index is 0. The number of nitrogens with zero attached hydrogens (tertiary/aromatic N) is 2. The lowest BCUT2D eigenvalue weighted by Crippen LogP contribution is -2.50. The lowest BCUT2D eigenvalue weighted by Gasteiger charge is -2.35. The summed E-state index contributed by atoms with van der Waals surface area (Å²) in [5, 5.41) is 13.0. The van der Waals surface area contributed by atoms with Crippen LogP contribution in [0.15, 0.2) is 42.5 Å². The molecule has 2 aliphatic heterocycles. The molecule has 2 aromatic carbocycles. The zero-order valence-corrected chi connectivity index (χ0v) is 17.1. The van der Waals surface area contributed by atoms with Crippen LogP contribution in [-0.4, -0.2) is 66.0 Å². The Morgan fingerprint density at radius 2 is 1.38 bits per heavy atom. The van der Waals surface area contributed by atoms with Crippen molar-refractivity contribution in [1.82, 2.24) is 15.1 Å². The van der Waals surface area contributed by atoms with Crippen molar-refractivity contribution in [2.75, 3.05) is 39.3 Å². The van der Waals surface area contributed by atoms with Gasteiger partial charge in [0.2, 0.25) is 0 Å². The highest BCUT2D eigenvalue weighted by Crippen LogP contribution is 2.19. The van der Waals surface area contributed by atoms with Gasteiger partial charge >= 0.3 is 0 Å². The van der Waals surface area contributed by atoms with Crippen molar-refractivity contribution >= 4 is 24.2 Å². The Hall–Kier alpha value is -2.57. The Morgan fingerprint density at radius 3 is 2.00 bits per heavy atom. The van der Waals surface area contributed by atoms with Crippen LogP contribution < -0.4 is 5.32 Å². The Morgan fingerprint density at radius 1 is 0.793 bits per heavy atom. The summed E-state index contributed by atoms with van der Waals surface area (Å²) in [6.07, 6.45) is 1.95. The number of hydrogen-bond donors (Lipinski definition) is 2. The quantitative estimate of drug-likeness (QED) is 0.787. The molecule has 2 N–H and O–H groups in total. The van der Waals surface area contributed by atoms with Crippen LogP contribution >= 0.6 is 12.4 Å². The highest BCUT2D eigenvalue weighted by atomic mass is 35.5. The highest BCUT2D eigenvalue weighted by molar-refractivity contribution is 5.96. The van der Waals surface area contributed by atoms with Crippen molar-refractivity contribution in [3.05, 3.63) is 64.7 Å². The maximum Gasteiger partial charge on any atom is 0.254 e. The summed E-state index contributed by atoms with van der Waals surface area (Å²) in [6, 6.07) is 12.4.